The van der Waals surface area contributed by atoms with Gasteiger partial charge in [-0.1, -0.05) is 48.5 Å². The van der Waals surface area contributed by atoms with Crippen LogP contribution in [0.5, 0.6) is 0 Å². The fraction of sp³-hybridized carbons (Fsp3) is 0. The quantitative estimate of drug-likeness (QED) is 0.233. The van der Waals surface area contributed by atoms with Gasteiger partial charge in [0, 0.05) is 41.8 Å². The summed E-state index contributed by atoms with van der Waals surface area (Å²) in [4.78, 5) is 4.91. The highest BCUT2D eigenvalue weighted by Crippen LogP contribution is 2.60. The maximum Gasteiger partial charge on any atom is 0.123 e. The van der Waals surface area contributed by atoms with E-state index in [4.69, 9.17) is 0 Å². The largest absolute Gasteiger partial charge is 0.207 e. The molecular weight excluding hydrogens is 462 g/mol. The van der Waals surface area contributed by atoms with E-state index in [0.717, 1.165) is 20.9 Å². The van der Waals surface area contributed by atoms with E-state index in [0.29, 0.717) is 0 Å². The first-order valence-corrected chi connectivity index (χ1v) is 12.7. The van der Waals surface area contributed by atoms with Gasteiger partial charge in [0.1, 0.15) is 11.6 Å². The Balaban J connectivity index is 1.29. The summed E-state index contributed by atoms with van der Waals surface area (Å²) in [6.07, 6.45) is 0. The molecule has 0 saturated carbocycles. The molecular formula is C30H14F2S2. The first kappa shape index (κ1) is 18.8. The second-order valence-electron chi connectivity index (χ2n) is 8.79. The fourth-order valence-corrected chi connectivity index (χ4v) is 7.84. The van der Waals surface area contributed by atoms with E-state index in [2.05, 4.69) is 36.4 Å². The third-order valence-electron chi connectivity index (χ3n) is 6.95. The second kappa shape index (κ2) is 6.50. The van der Waals surface area contributed by atoms with E-state index in [-0.39, 0.29) is 11.6 Å². The molecule has 4 aromatic carbocycles. The van der Waals surface area contributed by atoms with Crippen LogP contribution in [0.15, 0.2) is 84.9 Å². The van der Waals surface area contributed by atoms with Crippen molar-refractivity contribution in [2.75, 3.05) is 0 Å². The van der Waals surface area contributed by atoms with Crippen LogP contribution in [0.3, 0.4) is 0 Å². The lowest BCUT2D eigenvalue weighted by molar-refractivity contribution is 0.627. The molecule has 0 saturated heterocycles. The molecule has 0 fully saturated rings. The van der Waals surface area contributed by atoms with Crippen molar-refractivity contribution in [1.29, 1.82) is 0 Å². The summed E-state index contributed by atoms with van der Waals surface area (Å²) >= 11 is 3.56. The summed E-state index contributed by atoms with van der Waals surface area (Å²) in [5.74, 6) is -0.423. The van der Waals surface area contributed by atoms with Gasteiger partial charge in [0.2, 0.25) is 0 Å². The topological polar surface area (TPSA) is 0 Å². The average molecular weight is 477 g/mol. The molecule has 6 aromatic rings. The van der Waals surface area contributed by atoms with Crippen LogP contribution in [0.25, 0.3) is 74.8 Å². The third kappa shape index (κ3) is 2.39. The molecule has 34 heavy (non-hydrogen) atoms. The number of hydrogen-bond donors (Lipinski definition) is 0. The lowest BCUT2D eigenvalue weighted by Crippen LogP contribution is -1.80. The Hall–Kier alpha value is -3.60. The van der Waals surface area contributed by atoms with Gasteiger partial charge < -0.3 is 0 Å². The zero-order valence-corrected chi connectivity index (χ0v) is 19.3. The van der Waals surface area contributed by atoms with Gasteiger partial charge in [0.25, 0.3) is 0 Å². The van der Waals surface area contributed by atoms with Crippen LogP contribution in [0.1, 0.15) is 0 Å². The van der Waals surface area contributed by atoms with Gasteiger partial charge in [-0.25, -0.2) is 8.78 Å². The van der Waals surface area contributed by atoms with Crippen LogP contribution in [0.2, 0.25) is 0 Å². The van der Waals surface area contributed by atoms with Crippen LogP contribution < -0.4 is 0 Å². The Morgan fingerprint density at radius 1 is 0.412 bits per heavy atom. The van der Waals surface area contributed by atoms with Gasteiger partial charge in [-0.3, -0.25) is 0 Å². The van der Waals surface area contributed by atoms with Crippen LogP contribution in [-0.2, 0) is 0 Å². The maximum atomic E-state index is 13.4. The smallest absolute Gasteiger partial charge is 0.123 e. The van der Waals surface area contributed by atoms with Gasteiger partial charge in [-0.05, 0) is 69.4 Å². The van der Waals surface area contributed by atoms with Crippen molar-refractivity contribution in [1.82, 2.24) is 0 Å². The minimum Gasteiger partial charge on any atom is -0.207 e. The summed E-state index contributed by atoms with van der Waals surface area (Å²) in [6, 6.07) is 27.0. The number of benzene rings is 4. The van der Waals surface area contributed by atoms with Gasteiger partial charge in [0.15, 0.2) is 0 Å². The van der Waals surface area contributed by atoms with E-state index in [9.17, 15) is 8.78 Å². The first-order valence-electron chi connectivity index (χ1n) is 11.1. The van der Waals surface area contributed by atoms with Crippen molar-refractivity contribution in [2.45, 2.75) is 0 Å². The van der Waals surface area contributed by atoms with Crippen LogP contribution >= 0.6 is 22.7 Å². The Labute approximate surface area is 202 Å². The molecule has 2 heterocycles. The SMILES string of the molecule is Fc1ccc(-c2cc3c(s2)-c2ccc4c5c(ccc-3c25)-c2sc(-c3ccc(F)cc3)cc2-4)cc1. The molecule has 2 aliphatic carbocycles. The number of halogens is 2. The molecule has 0 radical (unpaired) electrons. The number of hydrogen-bond acceptors (Lipinski definition) is 2. The van der Waals surface area contributed by atoms with E-state index in [1.807, 2.05) is 24.3 Å². The summed E-state index contributed by atoms with van der Waals surface area (Å²) in [5.41, 5.74) is 9.78. The van der Waals surface area contributed by atoms with Crippen molar-refractivity contribution in [3.63, 3.8) is 0 Å². The molecule has 8 rings (SSSR count). The van der Waals surface area contributed by atoms with E-state index in [1.165, 1.54) is 78.2 Å². The Kier molecular flexibility index (Phi) is 3.59. The second-order valence-corrected chi connectivity index (χ2v) is 10.9. The molecule has 0 unspecified atom stereocenters. The Morgan fingerprint density at radius 2 is 0.794 bits per heavy atom. The van der Waals surface area contributed by atoms with E-state index in [1.54, 1.807) is 22.7 Å². The lowest BCUT2D eigenvalue weighted by atomic mass is 9.97. The Morgan fingerprint density at radius 3 is 1.21 bits per heavy atom. The van der Waals surface area contributed by atoms with E-state index < -0.39 is 0 Å². The first-order chi connectivity index (χ1) is 16.7. The molecule has 160 valence electrons. The van der Waals surface area contributed by atoms with E-state index >= 15 is 0 Å². The normalized spacial score (nSPS) is 12.4. The van der Waals surface area contributed by atoms with Crippen LogP contribution in [-0.4, -0.2) is 0 Å². The lowest BCUT2D eigenvalue weighted by Gasteiger charge is -2.07. The summed E-state index contributed by atoms with van der Waals surface area (Å²) in [6.45, 7) is 0. The van der Waals surface area contributed by atoms with Crippen molar-refractivity contribution < 1.29 is 8.78 Å². The highest BCUT2D eigenvalue weighted by Gasteiger charge is 2.32. The Bertz CT molecular complexity index is 1590. The van der Waals surface area contributed by atoms with Crippen molar-refractivity contribution in [2.24, 2.45) is 0 Å². The molecule has 0 atom stereocenters. The van der Waals surface area contributed by atoms with Gasteiger partial charge in [-0.2, -0.15) is 0 Å². The molecule has 0 nitrogen and oxygen atoms in total. The molecule has 0 bridgehead atoms. The average Bonchev–Trinajstić information content (AvgIpc) is 3.59. The summed E-state index contributed by atoms with van der Waals surface area (Å²) < 4.78 is 26.8. The summed E-state index contributed by atoms with van der Waals surface area (Å²) in [5, 5.41) is 2.68. The zero-order valence-electron chi connectivity index (χ0n) is 17.7. The number of rotatable bonds is 2. The predicted molar refractivity (Wildman–Crippen MR) is 139 cm³/mol. The van der Waals surface area contributed by atoms with Crippen LogP contribution in [0, 0.1) is 11.6 Å². The number of thiophene rings is 2. The molecule has 0 spiro atoms. The molecule has 2 aliphatic rings. The molecule has 0 N–H and O–H groups in total. The standard InChI is InChI=1S/C30H14F2S2/c31-17-5-1-15(2-6-17)25-13-23-19-9-12-22-28-20(10-11-21(27(19)28)29(23)33-25)24-14-26(34-30(22)24)16-3-7-18(32)8-4-16/h1-14H. The van der Waals surface area contributed by atoms with Gasteiger partial charge in [0.05, 0.1) is 0 Å². The molecule has 2 aromatic heterocycles. The summed E-state index contributed by atoms with van der Waals surface area (Å²) in [7, 11) is 0. The number of fused-ring (bicyclic) bond motifs is 6. The molecule has 4 heteroatoms. The molecule has 0 amide bonds. The maximum absolute atomic E-state index is 13.4. The minimum absolute atomic E-state index is 0.212. The van der Waals surface area contributed by atoms with Gasteiger partial charge in [-0.15, -0.1) is 22.7 Å². The van der Waals surface area contributed by atoms with Crippen molar-refractivity contribution >= 4 is 33.4 Å². The van der Waals surface area contributed by atoms with Crippen LogP contribution in [0.4, 0.5) is 8.78 Å². The molecule has 0 aliphatic heterocycles. The highest BCUT2D eigenvalue weighted by molar-refractivity contribution is 7.20. The fourth-order valence-electron chi connectivity index (χ4n) is 5.42. The zero-order chi connectivity index (χ0) is 22.6. The van der Waals surface area contributed by atoms with Crippen molar-refractivity contribution in [3.05, 3.63) is 96.6 Å². The minimum atomic E-state index is -0.212. The third-order valence-corrected chi connectivity index (χ3v) is 9.39. The van der Waals surface area contributed by atoms with Crippen molar-refractivity contribution in [3.8, 4) is 64.0 Å². The monoisotopic (exact) mass is 476 g/mol. The highest BCUT2D eigenvalue weighted by atomic mass is 32.1. The predicted octanol–water partition coefficient (Wildman–Crippen LogP) is 9.87. The van der Waals surface area contributed by atoms with Gasteiger partial charge >= 0.3 is 0 Å².